The maximum absolute atomic E-state index is 12.7. The molecule has 8 heteroatoms. The van der Waals surface area contributed by atoms with Crippen LogP contribution >= 0.6 is 11.6 Å². The minimum absolute atomic E-state index is 0.318. The minimum atomic E-state index is -3.71. The van der Waals surface area contributed by atoms with Crippen molar-refractivity contribution >= 4 is 38.9 Å². The molecule has 0 fully saturated rings. The number of ether oxygens (including phenoxy) is 1. The van der Waals surface area contributed by atoms with Gasteiger partial charge >= 0.3 is 0 Å². The van der Waals surface area contributed by atoms with E-state index < -0.39 is 22.0 Å². The minimum Gasteiger partial charge on any atom is -0.495 e. The Labute approximate surface area is 158 Å². The molecule has 0 bridgehead atoms. The molecule has 1 atom stereocenters. The van der Waals surface area contributed by atoms with Crippen molar-refractivity contribution in [3.05, 3.63) is 53.1 Å². The summed E-state index contributed by atoms with van der Waals surface area (Å²) >= 11 is 5.97. The number of hydrogen-bond acceptors (Lipinski definition) is 4. The lowest BCUT2D eigenvalue weighted by Crippen LogP contribution is -2.45. The molecular weight excluding hydrogens is 376 g/mol. The fraction of sp³-hybridized carbons (Fsp3) is 0.278. The Balaban J connectivity index is 2.36. The second-order valence-electron chi connectivity index (χ2n) is 5.91. The number of sulfonamides is 1. The van der Waals surface area contributed by atoms with E-state index in [2.05, 4.69) is 5.32 Å². The molecule has 0 aromatic heterocycles. The normalized spacial score (nSPS) is 12.3. The topological polar surface area (TPSA) is 75.7 Å². The fourth-order valence-corrected chi connectivity index (χ4v) is 3.93. The molecule has 2 rings (SSSR count). The van der Waals surface area contributed by atoms with E-state index >= 15 is 0 Å². The lowest BCUT2D eigenvalue weighted by atomic mass is 10.2. The second kappa shape index (κ2) is 7.97. The monoisotopic (exact) mass is 396 g/mol. The standard InChI is InChI=1S/C18H21ClN2O4S/c1-12-8-9-17(25-3)16(10-12)20-18(22)13(2)21(26(4,23)24)15-7-5-6-14(19)11-15/h5-11,13H,1-4H3,(H,20,22)/t13-/m0/s1. The molecule has 0 aliphatic heterocycles. The van der Waals surface area contributed by atoms with E-state index in [4.69, 9.17) is 16.3 Å². The fourth-order valence-electron chi connectivity index (χ4n) is 2.58. The molecule has 0 saturated carbocycles. The number of halogens is 1. The molecule has 0 spiro atoms. The van der Waals surface area contributed by atoms with Gasteiger partial charge in [-0.25, -0.2) is 8.42 Å². The molecule has 0 heterocycles. The molecule has 0 radical (unpaired) electrons. The number of carbonyl (C=O) groups excluding carboxylic acids is 1. The van der Waals surface area contributed by atoms with Gasteiger partial charge in [0.2, 0.25) is 15.9 Å². The number of carbonyl (C=O) groups is 1. The van der Waals surface area contributed by atoms with Crippen molar-refractivity contribution in [3.63, 3.8) is 0 Å². The molecule has 1 amide bonds. The van der Waals surface area contributed by atoms with Crippen LogP contribution in [0.25, 0.3) is 0 Å². The summed E-state index contributed by atoms with van der Waals surface area (Å²) in [4.78, 5) is 12.7. The Morgan fingerprint density at radius 3 is 2.50 bits per heavy atom. The maximum Gasteiger partial charge on any atom is 0.248 e. The van der Waals surface area contributed by atoms with Gasteiger partial charge in [-0.1, -0.05) is 23.7 Å². The largest absolute Gasteiger partial charge is 0.495 e. The van der Waals surface area contributed by atoms with Crippen molar-refractivity contribution in [2.75, 3.05) is 23.0 Å². The predicted octanol–water partition coefficient (Wildman–Crippen LogP) is 3.45. The number of benzene rings is 2. The average molecular weight is 397 g/mol. The van der Waals surface area contributed by atoms with E-state index in [1.165, 1.54) is 20.1 Å². The van der Waals surface area contributed by atoms with Crippen LogP contribution in [0.3, 0.4) is 0 Å². The summed E-state index contributed by atoms with van der Waals surface area (Å²) in [7, 11) is -2.21. The van der Waals surface area contributed by atoms with Crippen LogP contribution in [0, 0.1) is 6.92 Å². The summed E-state index contributed by atoms with van der Waals surface area (Å²) in [5.41, 5.74) is 1.73. The molecular formula is C18H21ClN2O4S. The van der Waals surface area contributed by atoms with Crippen molar-refractivity contribution in [3.8, 4) is 5.75 Å². The van der Waals surface area contributed by atoms with Crippen molar-refractivity contribution in [2.45, 2.75) is 19.9 Å². The highest BCUT2D eigenvalue weighted by Gasteiger charge is 2.29. The number of rotatable bonds is 6. The van der Waals surface area contributed by atoms with Crippen LogP contribution in [0.15, 0.2) is 42.5 Å². The van der Waals surface area contributed by atoms with Gasteiger partial charge in [0, 0.05) is 5.02 Å². The van der Waals surface area contributed by atoms with Gasteiger partial charge in [-0.3, -0.25) is 9.10 Å². The zero-order valence-electron chi connectivity index (χ0n) is 15.0. The van der Waals surface area contributed by atoms with Gasteiger partial charge in [-0.05, 0) is 49.7 Å². The molecule has 0 unspecified atom stereocenters. The van der Waals surface area contributed by atoms with Gasteiger partial charge in [-0.15, -0.1) is 0 Å². The quantitative estimate of drug-likeness (QED) is 0.811. The summed E-state index contributed by atoms with van der Waals surface area (Å²) in [6.45, 7) is 3.40. The number of nitrogens with one attached hydrogen (secondary N) is 1. The summed E-state index contributed by atoms with van der Waals surface area (Å²) in [6.07, 6.45) is 1.05. The Morgan fingerprint density at radius 2 is 1.92 bits per heavy atom. The van der Waals surface area contributed by atoms with Crippen LogP contribution in [0.5, 0.6) is 5.75 Å². The molecule has 0 aliphatic rings. The lowest BCUT2D eigenvalue weighted by molar-refractivity contribution is -0.116. The first-order valence-electron chi connectivity index (χ1n) is 7.84. The molecule has 140 valence electrons. The third-order valence-electron chi connectivity index (χ3n) is 3.76. The van der Waals surface area contributed by atoms with Crippen LogP contribution in [-0.2, 0) is 14.8 Å². The second-order valence-corrected chi connectivity index (χ2v) is 8.20. The maximum atomic E-state index is 12.7. The Hall–Kier alpha value is -2.25. The van der Waals surface area contributed by atoms with Gasteiger partial charge in [0.15, 0.2) is 0 Å². The lowest BCUT2D eigenvalue weighted by Gasteiger charge is -2.28. The van der Waals surface area contributed by atoms with E-state index in [9.17, 15) is 13.2 Å². The van der Waals surface area contributed by atoms with Crippen LogP contribution in [0.2, 0.25) is 5.02 Å². The van der Waals surface area contributed by atoms with E-state index in [0.29, 0.717) is 22.1 Å². The van der Waals surface area contributed by atoms with E-state index in [1.54, 1.807) is 30.3 Å². The van der Waals surface area contributed by atoms with E-state index in [1.807, 2.05) is 13.0 Å². The van der Waals surface area contributed by atoms with Gasteiger partial charge in [-0.2, -0.15) is 0 Å². The predicted molar refractivity (Wildman–Crippen MR) is 105 cm³/mol. The zero-order valence-corrected chi connectivity index (χ0v) is 16.6. The molecule has 6 nitrogen and oxygen atoms in total. The zero-order chi connectivity index (χ0) is 19.5. The smallest absolute Gasteiger partial charge is 0.248 e. The molecule has 2 aromatic rings. The van der Waals surface area contributed by atoms with Gasteiger partial charge in [0.25, 0.3) is 0 Å². The third kappa shape index (κ3) is 4.68. The Bertz CT molecular complexity index is 915. The SMILES string of the molecule is COc1ccc(C)cc1NC(=O)[C@H](C)N(c1cccc(Cl)c1)S(C)(=O)=O. The van der Waals surface area contributed by atoms with E-state index in [-0.39, 0.29) is 0 Å². The third-order valence-corrected chi connectivity index (χ3v) is 5.24. The number of amides is 1. The highest BCUT2D eigenvalue weighted by Crippen LogP contribution is 2.27. The van der Waals surface area contributed by atoms with Crippen molar-refractivity contribution in [1.29, 1.82) is 0 Å². The first kappa shape index (κ1) is 20.1. The Kier molecular flexibility index (Phi) is 6.15. The molecule has 1 N–H and O–H groups in total. The van der Waals surface area contributed by atoms with Crippen molar-refractivity contribution in [1.82, 2.24) is 0 Å². The summed E-state index contributed by atoms with van der Waals surface area (Å²) in [5, 5.41) is 3.11. The first-order chi connectivity index (χ1) is 12.1. The molecule has 2 aromatic carbocycles. The van der Waals surface area contributed by atoms with Crippen LogP contribution < -0.4 is 14.4 Å². The molecule has 26 heavy (non-hydrogen) atoms. The van der Waals surface area contributed by atoms with Crippen LogP contribution in [0.4, 0.5) is 11.4 Å². The summed E-state index contributed by atoms with van der Waals surface area (Å²) < 4.78 is 30.9. The highest BCUT2D eigenvalue weighted by atomic mass is 35.5. The van der Waals surface area contributed by atoms with Crippen LogP contribution in [-0.4, -0.2) is 33.7 Å². The first-order valence-corrected chi connectivity index (χ1v) is 10.1. The number of aryl methyl sites for hydroxylation is 1. The molecule has 0 saturated heterocycles. The number of hydrogen-bond donors (Lipinski definition) is 1. The highest BCUT2D eigenvalue weighted by molar-refractivity contribution is 7.92. The molecule has 0 aliphatic carbocycles. The summed E-state index contributed by atoms with van der Waals surface area (Å²) in [6, 6.07) is 10.7. The van der Waals surface area contributed by atoms with Crippen LogP contribution in [0.1, 0.15) is 12.5 Å². The van der Waals surface area contributed by atoms with Gasteiger partial charge in [0.1, 0.15) is 11.8 Å². The van der Waals surface area contributed by atoms with Crippen molar-refractivity contribution < 1.29 is 17.9 Å². The summed E-state index contributed by atoms with van der Waals surface area (Å²) in [5.74, 6) is 0.00381. The number of anilines is 2. The van der Waals surface area contributed by atoms with Gasteiger partial charge in [0.05, 0.1) is 24.7 Å². The number of methoxy groups -OCH3 is 1. The Morgan fingerprint density at radius 1 is 1.23 bits per heavy atom. The number of nitrogens with zero attached hydrogens (tertiary/aromatic N) is 1. The van der Waals surface area contributed by atoms with E-state index in [0.717, 1.165) is 16.1 Å². The van der Waals surface area contributed by atoms with Crippen molar-refractivity contribution in [2.24, 2.45) is 0 Å². The average Bonchev–Trinajstić information content (AvgIpc) is 2.54. The van der Waals surface area contributed by atoms with Gasteiger partial charge < -0.3 is 10.1 Å².